The maximum atomic E-state index is 13.1. The van der Waals surface area contributed by atoms with Gasteiger partial charge in [0.2, 0.25) is 5.78 Å². The Kier molecular flexibility index (Phi) is 3.36. The number of fused-ring (bicyclic) bond motifs is 1. The van der Waals surface area contributed by atoms with Crippen LogP contribution in [-0.2, 0) is 11.2 Å². The Balaban J connectivity index is 2.34. The summed E-state index contributed by atoms with van der Waals surface area (Å²) in [5, 5.41) is 0. The smallest absolute Gasteiger partial charge is 0.292 e. The molecule has 1 atom stereocenters. The van der Waals surface area contributed by atoms with Gasteiger partial charge in [0.1, 0.15) is 0 Å². The largest absolute Gasteiger partial charge is 0.365 e. The number of nitrogens with zero attached hydrogens (tertiary/aromatic N) is 1. The number of hydrogen-bond donors (Lipinski definition) is 0. The van der Waals surface area contributed by atoms with Gasteiger partial charge in [0.25, 0.3) is 0 Å². The summed E-state index contributed by atoms with van der Waals surface area (Å²) < 4.78 is 50.6. The van der Waals surface area contributed by atoms with E-state index in [1.54, 1.807) is 12.1 Å². The van der Waals surface area contributed by atoms with Crippen molar-refractivity contribution in [3.8, 4) is 0 Å². The fraction of sp³-hybridized carbons (Fsp3) is 0.500. The molecule has 1 unspecified atom stereocenters. The molecule has 98 valence electrons. The summed E-state index contributed by atoms with van der Waals surface area (Å²) in [7, 11) is 0. The van der Waals surface area contributed by atoms with Crippen molar-refractivity contribution >= 4 is 5.78 Å². The number of halogens is 4. The van der Waals surface area contributed by atoms with Gasteiger partial charge in [-0.1, -0.05) is 6.07 Å². The summed E-state index contributed by atoms with van der Waals surface area (Å²) in [6.45, 7) is 0. The van der Waals surface area contributed by atoms with E-state index in [0.717, 1.165) is 0 Å². The van der Waals surface area contributed by atoms with Crippen LogP contribution in [0.25, 0.3) is 0 Å². The first-order valence-electron chi connectivity index (χ1n) is 5.58. The lowest BCUT2D eigenvalue weighted by Crippen LogP contribution is -2.41. The third kappa shape index (κ3) is 2.11. The minimum atomic E-state index is -4.60. The quantitative estimate of drug-likeness (QED) is 0.783. The second kappa shape index (κ2) is 4.66. The maximum Gasteiger partial charge on any atom is 0.365 e. The second-order valence-electron chi connectivity index (χ2n) is 4.28. The summed E-state index contributed by atoms with van der Waals surface area (Å²) in [5.74, 6) is -7.55. The van der Waals surface area contributed by atoms with Gasteiger partial charge in [-0.15, -0.1) is 0 Å². The van der Waals surface area contributed by atoms with E-state index in [1.807, 2.05) is 0 Å². The topological polar surface area (TPSA) is 30.0 Å². The number of alkyl halides is 4. The van der Waals surface area contributed by atoms with Crippen LogP contribution in [0.2, 0.25) is 0 Å². The first kappa shape index (κ1) is 13.0. The van der Waals surface area contributed by atoms with Gasteiger partial charge in [0, 0.05) is 6.20 Å². The van der Waals surface area contributed by atoms with Crippen molar-refractivity contribution in [3.63, 3.8) is 0 Å². The normalized spacial score (nSPS) is 19.7. The highest BCUT2D eigenvalue weighted by molar-refractivity contribution is 5.92. The number of aryl methyl sites for hydroxylation is 1. The van der Waals surface area contributed by atoms with Crippen LogP contribution in [0.3, 0.4) is 0 Å². The molecule has 0 saturated carbocycles. The number of pyridine rings is 1. The highest BCUT2D eigenvalue weighted by Gasteiger charge is 2.52. The molecule has 0 saturated heterocycles. The minimum Gasteiger partial charge on any atom is -0.292 e. The van der Waals surface area contributed by atoms with Crippen LogP contribution in [0, 0.1) is 0 Å². The first-order valence-corrected chi connectivity index (χ1v) is 5.58. The molecule has 2 nitrogen and oxygen atoms in total. The molecule has 6 heteroatoms. The number of ketones is 1. The van der Waals surface area contributed by atoms with Gasteiger partial charge >= 0.3 is 12.3 Å². The van der Waals surface area contributed by atoms with Crippen LogP contribution in [0.15, 0.2) is 18.3 Å². The van der Waals surface area contributed by atoms with E-state index in [-0.39, 0.29) is 12.1 Å². The van der Waals surface area contributed by atoms with Gasteiger partial charge < -0.3 is 0 Å². The lowest BCUT2D eigenvalue weighted by molar-refractivity contribution is -0.169. The summed E-state index contributed by atoms with van der Waals surface area (Å²) in [6.07, 6.45) is -1.29. The molecule has 2 rings (SSSR count). The Morgan fingerprint density at radius 2 is 2.17 bits per heavy atom. The first-order chi connectivity index (χ1) is 8.44. The molecule has 18 heavy (non-hydrogen) atoms. The van der Waals surface area contributed by atoms with Crippen molar-refractivity contribution < 1.29 is 22.4 Å². The van der Waals surface area contributed by atoms with Crippen LogP contribution in [0.4, 0.5) is 17.6 Å². The average Bonchev–Trinajstić information content (AvgIpc) is 2.37. The summed E-state index contributed by atoms with van der Waals surface area (Å²) in [6, 6.07) is 3.32. The zero-order valence-corrected chi connectivity index (χ0v) is 9.38. The number of aromatic nitrogens is 1. The zero-order chi connectivity index (χ0) is 13.3. The van der Waals surface area contributed by atoms with E-state index in [1.165, 1.54) is 6.20 Å². The molecule has 0 spiro atoms. The van der Waals surface area contributed by atoms with Crippen molar-refractivity contribution in [2.75, 3.05) is 0 Å². The Bertz CT molecular complexity index is 461. The van der Waals surface area contributed by atoms with Crippen molar-refractivity contribution in [3.05, 3.63) is 29.6 Å². The molecule has 0 aromatic carbocycles. The lowest BCUT2D eigenvalue weighted by Gasteiger charge is -2.26. The molecule has 0 amide bonds. The number of carbonyl (C=O) groups excluding carboxylic acids is 1. The second-order valence-corrected chi connectivity index (χ2v) is 4.28. The van der Waals surface area contributed by atoms with Gasteiger partial charge in [-0.25, -0.2) is 8.78 Å². The monoisotopic (exact) mass is 261 g/mol. The van der Waals surface area contributed by atoms with Gasteiger partial charge in [0.15, 0.2) is 0 Å². The predicted octanol–water partition coefficient (Wildman–Crippen LogP) is 2.97. The van der Waals surface area contributed by atoms with Crippen LogP contribution in [0.5, 0.6) is 0 Å². The minimum absolute atomic E-state index is 0.144. The Hall–Kier alpha value is -1.46. The molecule has 1 aromatic rings. The molecule has 0 aliphatic heterocycles. The van der Waals surface area contributed by atoms with E-state index in [2.05, 4.69) is 4.98 Å². The fourth-order valence-electron chi connectivity index (χ4n) is 2.20. The number of rotatable bonds is 3. The third-order valence-electron chi connectivity index (χ3n) is 3.11. The molecular weight excluding hydrogens is 250 g/mol. The average molecular weight is 261 g/mol. The van der Waals surface area contributed by atoms with Crippen LogP contribution in [-0.4, -0.2) is 23.1 Å². The molecular formula is C12H11F4NO. The SMILES string of the molecule is O=C(C1CCCc2cccnc21)C(F)(F)C(F)F. The summed E-state index contributed by atoms with van der Waals surface area (Å²) >= 11 is 0. The third-order valence-corrected chi connectivity index (χ3v) is 3.11. The van der Waals surface area contributed by atoms with Gasteiger partial charge in [-0.3, -0.25) is 9.78 Å². The van der Waals surface area contributed by atoms with E-state index in [4.69, 9.17) is 0 Å². The van der Waals surface area contributed by atoms with Crippen molar-refractivity contribution in [1.82, 2.24) is 4.98 Å². The highest BCUT2D eigenvalue weighted by Crippen LogP contribution is 2.37. The van der Waals surface area contributed by atoms with Gasteiger partial charge in [-0.2, -0.15) is 8.78 Å². The Morgan fingerprint density at radius 1 is 1.44 bits per heavy atom. The van der Waals surface area contributed by atoms with Crippen LogP contribution >= 0.6 is 0 Å². The molecule has 0 fully saturated rings. The molecule has 1 heterocycles. The summed E-state index contributed by atoms with van der Waals surface area (Å²) in [4.78, 5) is 15.4. The molecule has 0 N–H and O–H groups in total. The van der Waals surface area contributed by atoms with Crippen LogP contribution < -0.4 is 0 Å². The molecule has 1 aliphatic rings. The standard InChI is InChI=1S/C12H11F4NO/c13-11(14)12(15,16)10(18)8-5-1-3-7-4-2-6-17-9(7)8/h2,4,6,8,11H,1,3,5H2. The van der Waals surface area contributed by atoms with E-state index >= 15 is 0 Å². The van der Waals surface area contributed by atoms with Crippen LogP contribution in [0.1, 0.15) is 30.0 Å². The molecule has 1 aromatic heterocycles. The molecule has 0 bridgehead atoms. The molecule has 0 radical (unpaired) electrons. The number of hydrogen-bond acceptors (Lipinski definition) is 2. The number of Topliss-reactive ketones (excluding diaryl/α,β-unsaturated/α-hetero) is 1. The van der Waals surface area contributed by atoms with Crippen molar-refractivity contribution in [1.29, 1.82) is 0 Å². The lowest BCUT2D eigenvalue weighted by atomic mass is 9.82. The number of carbonyl (C=O) groups is 1. The zero-order valence-electron chi connectivity index (χ0n) is 9.38. The summed E-state index contributed by atoms with van der Waals surface area (Å²) in [5.41, 5.74) is 0.904. The van der Waals surface area contributed by atoms with E-state index in [0.29, 0.717) is 18.4 Å². The fourth-order valence-corrected chi connectivity index (χ4v) is 2.20. The maximum absolute atomic E-state index is 13.1. The van der Waals surface area contributed by atoms with Gasteiger partial charge in [-0.05, 0) is 30.9 Å². The van der Waals surface area contributed by atoms with Crippen molar-refractivity contribution in [2.45, 2.75) is 37.5 Å². The van der Waals surface area contributed by atoms with Crippen molar-refractivity contribution in [2.24, 2.45) is 0 Å². The van der Waals surface area contributed by atoms with E-state index < -0.39 is 24.0 Å². The Labute approximate surface area is 101 Å². The highest BCUT2D eigenvalue weighted by atomic mass is 19.3. The van der Waals surface area contributed by atoms with Gasteiger partial charge in [0.05, 0.1) is 11.6 Å². The Morgan fingerprint density at radius 3 is 2.83 bits per heavy atom. The van der Waals surface area contributed by atoms with E-state index in [9.17, 15) is 22.4 Å². The predicted molar refractivity (Wildman–Crippen MR) is 55.9 cm³/mol. The molecule has 1 aliphatic carbocycles.